The van der Waals surface area contributed by atoms with Crippen LogP contribution in [-0.2, 0) is 0 Å². The van der Waals surface area contributed by atoms with Gasteiger partial charge in [-0.3, -0.25) is 4.79 Å². The molecular formula is C20H21ClFN3O3. The van der Waals surface area contributed by atoms with E-state index < -0.39 is 17.2 Å². The lowest BCUT2D eigenvalue weighted by atomic mass is 9.60. The van der Waals surface area contributed by atoms with Crippen LogP contribution in [0.15, 0.2) is 17.1 Å². The molecule has 3 atom stereocenters. The third-order valence-corrected chi connectivity index (χ3v) is 7.11. The maximum absolute atomic E-state index is 15.1. The van der Waals surface area contributed by atoms with Crippen molar-refractivity contribution in [2.45, 2.75) is 38.3 Å². The average molecular weight is 406 g/mol. The number of aromatic nitrogens is 1. The number of carbonyl (C=O) groups is 1. The number of aromatic carboxylic acids is 1. The zero-order chi connectivity index (χ0) is 20.0. The van der Waals surface area contributed by atoms with E-state index in [2.05, 4.69) is 6.92 Å². The van der Waals surface area contributed by atoms with Crippen molar-refractivity contribution in [2.75, 3.05) is 18.0 Å². The van der Waals surface area contributed by atoms with Gasteiger partial charge < -0.3 is 20.3 Å². The van der Waals surface area contributed by atoms with Crippen molar-refractivity contribution in [3.63, 3.8) is 0 Å². The van der Waals surface area contributed by atoms with Gasteiger partial charge in [0, 0.05) is 31.4 Å². The molecular weight excluding hydrogens is 385 g/mol. The summed E-state index contributed by atoms with van der Waals surface area (Å²) in [4.78, 5) is 26.1. The number of rotatable bonds is 3. The summed E-state index contributed by atoms with van der Waals surface area (Å²) in [6.07, 6.45) is 4.00. The van der Waals surface area contributed by atoms with Gasteiger partial charge in [0.15, 0.2) is 0 Å². The Hall–Kier alpha value is -2.12. The second-order valence-corrected chi connectivity index (χ2v) is 9.12. The summed E-state index contributed by atoms with van der Waals surface area (Å²) in [6, 6.07) is 1.34. The highest BCUT2D eigenvalue weighted by Gasteiger charge is 2.55. The highest BCUT2D eigenvalue weighted by Crippen LogP contribution is 2.53. The van der Waals surface area contributed by atoms with E-state index in [1.165, 1.54) is 6.20 Å². The fourth-order valence-corrected chi connectivity index (χ4v) is 5.56. The largest absolute Gasteiger partial charge is 0.477 e. The Morgan fingerprint density at radius 3 is 2.71 bits per heavy atom. The highest BCUT2D eigenvalue weighted by atomic mass is 35.5. The Balaban J connectivity index is 1.73. The minimum absolute atomic E-state index is 0.0168. The Labute approximate surface area is 165 Å². The molecule has 0 radical (unpaired) electrons. The van der Waals surface area contributed by atoms with Gasteiger partial charge >= 0.3 is 5.97 Å². The van der Waals surface area contributed by atoms with Gasteiger partial charge in [0.2, 0.25) is 5.43 Å². The number of nitrogens with zero attached hydrogens (tertiary/aromatic N) is 2. The molecule has 1 saturated heterocycles. The first-order valence-corrected chi connectivity index (χ1v) is 9.90. The minimum Gasteiger partial charge on any atom is -0.477 e. The van der Waals surface area contributed by atoms with E-state index in [0.717, 1.165) is 25.3 Å². The monoisotopic (exact) mass is 405 g/mol. The molecule has 3 fully saturated rings. The molecule has 8 heteroatoms. The third-order valence-electron chi connectivity index (χ3n) is 6.75. The number of benzene rings is 1. The molecule has 28 heavy (non-hydrogen) atoms. The van der Waals surface area contributed by atoms with Crippen molar-refractivity contribution < 1.29 is 14.3 Å². The fourth-order valence-electron chi connectivity index (χ4n) is 5.15. The van der Waals surface area contributed by atoms with Gasteiger partial charge in [-0.1, -0.05) is 18.5 Å². The van der Waals surface area contributed by atoms with Crippen LogP contribution in [0, 0.1) is 17.2 Å². The van der Waals surface area contributed by atoms with Crippen LogP contribution < -0.4 is 16.1 Å². The van der Waals surface area contributed by atoms with Gasteiger partial charge in [-0.05, 0) is 36.7 Å². The second kappa shape index (κ2) is 5.70. The summed E-state index contributed by atoms with van der Waals surface area (Å²) in [5.74, 6) is -1.63. The van der Waals surface area contributed by atoms with Crippen molar-refractivity contribution in [3.05, 3.63) is 38.9 Å². The number of carboxylic acid groups (broad SMARTS) is 1. The number of hydrogen-bond donors (Lipinski definition) is 2. The lowest BCUT2D eigenvalue weighted by molar-refractivity contribution is 0.0694. The maximum atomic E-state index is 15.1. The fraction of sp³-hybridized carbons (Fsp3) is 0.500. The molecule has 5 rings (SSSR count). The Morgan fingerprint density at radius 1 is 1.43 bits per heavy atom. The predicted molar refractivity (Wildman–Crippen MR) is 105 cm³/mol. The smallest absolute Gasteiger partial charge is 0.341 e. The number of pyridine rings is 1. The average Bonchev–Trinajstić information content (AvgIpc) is 3.41. The van der Waals surface area contributed by atoms with E-state index in [9.17, 15) is 14.7 Å². The van der Waals surface area contributed by atoms with E-state index in [-0.39, 0.29) is 39.2 Å². The van der Waals surface area contributed by atoms with Gasteiger partial charge in [0.25, 0.3) is 0 Å². The normalized spacial score (nSPS) is 29.1. The lowest BCUT2D eigenvalue weighted by Gasteiger charge is -2.46. The van der Waals surface area contributed by atoms with Crippen molar-refractivity contribution in [3.8, 4) is 0 Å². The number of hydrogen-bond acceptors (Lipinski definition) is 4. The molecule has 0 spiro atoms. The molecule has 2 aromatic rings. The van der Waals surface area contributed by atoms with Crippen molar-refractivity contribution in [1.82, 2.24) is 4.57 Å². The summed E-state index contributed by atoms with van der Waals surface area (Å²) in [6.45, 7) is 3.45. The second-order valence-electron chi connectivity index (χ2n) is 8.74. The number of anilines is 1. The molecule has 148 valence electrons. The summed E-state index contributed by atoms with van der Waals surface area (Å²) in [7, 11) is 0. The van der Waals surface area contributed by atoms with Crippen molar-refractivity contribution in [1.29, 1.82) is 0 Å². The minimum atomic E-state index is -1.32. The van der Waals surface area contributed by atoms with Gasteiger partial charge in [-0.2, -0.15) is 0 Å². The van der Waals surface area contributed by atoms with Crippen LogP contribution in [0.5, 0.6) is 0 Å². The molecule has 0 amide bonds. The number of carboxylic acids is 1. The van der Waals surface area contributed by atoms with Crippen LogP contribution in [0.1, 0.15) is 42.6 Å². The first kappa shape index (κ1) is 17.9. The number of nitrogens with two attached hydrogens (primary N) is 1. The Morgan fingerprint density at radius 2 is 2.14 bits per heavy atom. The first-order chi connectivity index (χ1) is 13.2. The van der Waals surface area contributed by atoms with Crippen molar-refractivity contribution in [2.24, 2.45) is 17.1 Å². The predicted octanol–water partition coefficient (Wildman–Crippen LogP) is 3.00. The molecule has 1 aromatic heterocycles. The number of halogens is 2. The first-order valence-electron chi connectivity index (χ1n) is 9.52. The maximum Gasteiger partial charge on any atom is 0.341 e. The molecule has 2 aliphatic carbocycles. The van der Waals surface area contributed by atoms with Crippen LogP contribution in [0.3, 0.4) is 0 Å². The lowest BCUT2D eigenvalue weighted by Crippen LogP contribution is -2.53. The molecule has 1 aliphatic heterocycles. The van der Waals surface area contributed by atoms with E-state index in [0.29, 0.717) is 24.5 Å². The molecule has 3 aliphatic rings. The Bertz CT molecular complexity index is 1100. The standard InChI is InChI=1S/C20H21ClFN3O3/c1-20-5-14(23)12(20)7-24(8-20)17-13(22)4-10-16(15(17)21)25(9-2-3-9)6-11(18(10)26)19(27)28/h4,6,9,12,14H,2-3,5,7-8,23H2,1H3,(H,27,28)/t12-,14-,20+/m0/s1. The summed E-state index contributed by atoms with van der Waals surface area (Å²) >= 11 is 6.69. The van der Waals surface area contributed by atoms with Gasteiger partial charge in [-0.15, -0.1) is 0 Å². The Kier molecular flexibility index (Phi) is 3.65. The molecule has 0 bridgehead atoms. The SMILES string of the molecule is C[C@]12C[C@H](N)[C@@H]1CN(c1c(F)cc3c(=O)c(C(=O)O)cn(C4CC4)c3c1Cl)C2. The quantitative estimate of drug-likeness (QED) is 0.819. The van der Waals surface area contributed by atoms with E-state index in [1.54, 1.807) is 4.57 Å². The van der Waals surface area contributed by atoms with Crippen LogP contribution >= 0.6 is 11.6 Å². The molecule has 6 nitrogen and oxygen atoms in total. The molecule has 2 heterocycles. The van der Waals surface area contributed by atoms with E-state index >= 15 is 4.39 Å². The van der Waals surface area contributed by atoms with E-state index in [4.69, 9.17) is 17.3 Å². The van der Waals surface area contributed by atoms with Gasteiger partial charge in [-0.25, -0.2) is 9.18 Å². The molecule has 0 unspecified atom stereocenters. The zero-order valence-corrected chi connectivity index (χ0v) is 16.2. The van der Waals surface area contributed by atoms with Crippen LogP contribution in [0.2, 0.25) is 5.02 Å². The van der Waals surface area contributed by atoms with Crippen LogP contribution in [-0.4, -0.2) is 34.8 Å². The summed E-state index contributed by atoms with van der Waals surface area (Å²) < 4.78 is 16.9. The number of fused-ring (bicyclic) bond motifs is 2. The van der Waals surface area contributed by atoms with Gasteiger partial charge in [0.1, 0.15) is 11.4 Å². The summed E-state index contributed by atoms with van der Waals surface area (Å²) in [5.41, 5.74) is 5.83. The topological polar surface area (TPSA) is 88.6 Å². The molecule has 2 saturated carbocycles. The van der Waals surface area contributed by atoms with E-state index in [1.807, 2.05) is 4.90 Å². The molecule has 1 aromatic carbocycles. The van der Waals surface area contributed by atoms with Crippen molar-refractivity contribution >= 4 is 34.2 Å². The highest BCUT2D eigenvalue weighted by molar-refractivity contribution is 6.38. The van der Waals surface area contributed by atoms with Gasteiger partial charge in [0.05, 0.1) is 21.6 Å². The molecule has 3 N–H and O–H groups in total. The van der Waals surface area contributed by atoms with Crippen LogP contribution in [0.4, 0.5) is 10.1 Å². The third kappa shape index (κ3) is 2.35. The zero-order valence-electron chi connectivity index (χ0n) is 15.4. The summed E-state index contributed by atoms with van der Waals surface area (Å²) in [5, 5.41) is 9.57. The van der Waals surface area contributed by atoms with Crippen LogP contribution in [0.25, 0.3) is 10.9 Å².